The van der Waals surface area contributed by atoms with Crippen molar-refractivity contribution in [1.82, 2.24) is 24.9 Å². The Bertz CT molecular complexity index is 1560. The van der Waals surface area contributed by atoms with Crippen LogP contribution in [0.2, 0.25) is 0 Å². The highest BCUT2D eigenvalue weighted by molar-refractivity contribution is 6.99. The van der Waals surface area contributed by atoms with Gasteiger partial charge in [0.25, 0.3) is 6.71 Å². The van der Waals surface area contributed by atoms with E-state index in [1.165, 1.54) is 60.0 Å². The molecular formula is C31H26BN7. The number of aromatic nitrogens is 5. The quantitative estimate of drug-likeness (QED) is 0.319. The standard InChI is InChI=1S/C31H26BN7/c1-3-9-21(10-4-1)22-17-26-28-27(18-22)39(31-36-19-33-20-37-31)30-29(34-15-16-35-30)32(28)24-13-7-8-14-25(24)38(26)23-11-5-2-6-12-23/h2,5-8,11-21H,1,3-4,9-10H2. The Hall–Kier alpha value is -4.59. The SMILES string of the molecule is c1ccc(N2c3ccccc3B3c4nccnc4N(c4ncncn4)c4cc(C5CCCCC5)cc2c43)cc1. The lowest BCUT2D eigenvalue weighted by atomic mass is 9.35. The first kappa shape index (κ1) is 22.4. The predicted molar refractivity (Wildman–Crippen MR) is 155 cm³/mol. The molecular weight excluding hydrogens is 481 g/mol. The number of hydrogen-bond donors (Lipinski definition) is 0. The zero-order chi connectivity index (χ0) is 25.8. The van der Waals surface area contributed by atoms with Crippen molar-refractivity contribution < 1.29 is 0 Å². The smallest absolute Gasteiger partial charge is 0.277 e. The third kappa shape index (κ3) is 3.48. The van der Waals surface area contributed by atoms with E-state index in [4.69, 9.17) is 9.97 Å². The first-order valence-corrected chi connectivity index (χ1v) is 13.7. The number of fused-ring (bicyclic) bond motifs is 4. The van der Waals surface area contributed by atoms with E-state index in [1.54, 1.807) is 25.0 Å². The van der Waals surface area contributed by atoms with Crippen molar-refractivity contribution >= 4 is 57.7 Å². The molecule has 1 fully saturated rings. The van der Waals surface area contributed by atoms with E-state index in [0.29, 0.717) is 11.9 Å². The highest BCUT2D eigenvalue weighted by atomic mass is 15.3. The summed E-state index contributed by atoms with van der Waals surface area (Å²) >= 11 is 0. The number of para-hydroxylation sites is 2. The molecule has 0 N–H and O–H groups in total. The van der Waals surface area contributed by atoms with Crippen LogP contribution in [0, 0.1) is 0 Å². The van der Waals surface area contributed by atoms with Gasteiger partial charge in [0.2, 0.25) is 5.95 Å². The van der Waals surface area contributed by atoms with E-state index in [9.17, 15) is 0 Å². The van der Waals surface area contributed by atoms with Crippen LogP contribution in [0.3, 0.4) is 0 Å². The molecule has 0 unspecified atom stereocenters. The molecule has 7 nitrogen and oxygen atoms in total. The van der Waals surface area contributed by atoms with Crippen LogP contribution in [0.25, 0.3) is 0 Å². The molecule has 0 radical (unpaired) electrons. The maximum Gasteiger partial charge on any atom is 0.277 e. The molecule has 0 spiro atoms. The topological polar surface area (TPSA) is 70.9 Å². The average Bonchev–Trinajstić information content (AvgIpc) is 3.02. The summed E-state index contributed by atoms with van der Waals surface area (Å²) in [6.45, 7) is -0.0478. The van der Waals surface area contributed by atoms with Crippen LogP contribution >= 0.6 is 0 Å². The molecule has 3 aliphatic rings. The Morgan fingerprint density at radius 3 is 2.23 bits per heavy atom. The first-order valence-electron chi connectivity index (χ1n) is 13.7. The molecule has 4 heterocycles. The molecule has 5 aromatic rings. The van der Waals surface area contributed by atoms with Crippen molar-refractivity contribution in [3.63, 3.8) is 0 Å². The Labute approximate surface area is 227 Å². The predicted octanol–water partition coefficient (Wildman–Crippen LogP) is 4.79. The van der Waals surface area contributed by atoms with Gasteiger partial charge in [0.15, 0.2) is 5.82 Å². The summed E-state index contributed by atoms with van der Waals surface area (Å²) in [5.74, 6) is 1.85. The summed E-state index contributed by atoms with van der Waals surface area (Å²) in [5.41, 5.74) is 9.31. The fraction of sp³-hybridized carbons (Fsp3) is 0.194. The van der Waals surface area contributed by atoms with Gasteiger partial charge in [-0.25, -0.2) is 19.9 Å². The minimum Gasteiger partial charge on any atom is -0.311 e. The minimum atomic E-state index is -0.0478. The van der Waals surface area contributed by atoms with Gasteiger partial charge in [0, 0.05) is 35.1 Å². The van der Waals surface area contributed by atoms with E-state index in [1.807, 2.05) is 0 Å². The molecule has 0 bridgehead atoms. The van der Waals surface area contributed by atoms with Crippen LogP contribution in [0.15, 0.2) is 91.8 Å². The third-order valence-corrected chi connectivity index (χ3v) is 8.38. The summed E-state index contributed by atoms with van der Waals surface area (Å²) in [6, 6.07) is 24.2. The lowest BCUT2D eigenvalue weighted by Crippen LogP contribution is -2.62. The zero-order valence-electron chi connectivity index (χ0n) is 21.5. The Morgan fingerprint density at radius 1 is 0.692 bits per heavy atom. The van der Waals surface area contributed by atoms with Crippen LogP contribution in [0.4, 0.5) is 34.5 Å². The van der Waals surface area contributed by atoms with Gasteiger partial charge in [-0.05, 0) is 65.6 Å². The van der Waals surface area contributed by atoms with Crippen LogP contribution in [0.1, 0.15) is 43.6 Å². The maximum absolute atomic E-state index is 4.94. The minimum absolute atomic E-state index is 0.0478. The molecule has 0 amide bonds. The summed E-state index contributed by atoms with van der Waals surface area (Å²) in [7, 11) is 0. The molecule has 1 aliphatic carbocycles. The highest BCUT2D eigenvalue weighted by Crippen LogP contribution is 2.45. The summed E-state index contributed by atoms with van der Waals surface area (Å²) in [6.07, 6.45) is 12.9. The normalized spacial score (nSPS) is 15.9. The molecule has 3 aromatic carbocycles. The van der Waals surface area contributed by atoms with E-state index < -0.39 is 0 Å². The van der Waals surface area contributed by atoms with Crippen molar-refractivity contribution in [1.29, 1.82) is 0 Å². The molecule has 2 aromatic heterocycles. The molecule has 8 heteroatoms. The van der Waals surface area contributed by atoms with Gasteiger partial charge in [-0.2, -0.15) is 0 Å². The van der Waals surface area contributed by atoms with Crippen molar-refractivity contribution in [3.8, 4) is 0 Å². The lowest BCUT2D eigenvalue weighted by Gasteiger charge is -2.43. The lowest BCUT2D eigenvalue weighted by molar-refractivity contribution is 0.444. The van der Waals surface area contributed by atoms with Crippen LogP contribution < -0.4 is 26.3 Å². The Balaban J connectivity index is 1.47. The average molecular weight is 507 g/mol. The number of rotatable bonds is 3. The molecule has 39 heavy (non-hydrogen) atoms. The van der Waals surface area contributed by atoms with Crippen molar-refractivity contribution in [2.24, 2.45) is 0 Å². The molecule has 1 saturated carbocycles. The van der Waals surface area contributed by atoms with Crippen molar-refractivity contribution in [3.05, 3.63) is 97.3 Å². The van der Waals surface area contributed by atoms with Gasteiger partial charge in [-0.1, -0.05) is 55.7 Å². The molecule has 0 saturated heterocycles. The van der Waals surface area contributed by atoms with Crippen LogP contribution in [-0.4, -0.2) is 31.6 Å². The second kappa shape index (κ2) is 9.01. The Morgan fingerprint density at radius 2 is 1.41 bits per heavy atom. The van der Waals surface area contributed by atoms with E-state index >= 15 is 0 Å². The second-order valence-electron chi connectivity index (χ2n) is 10.5. The largest absolute Gasteiger partial charge is 0.311 e. The fourth-order valence-corrected chi connectivity index (χ4v) is 6.72. The number of hydrogen-bond acceptors (Lipinski definition) is 7. The van der Waals surface area contributed by atoms with Gasteiger partial charge in [-0.15, -0.1) is 0 Å². The van der Waals surface area contributed by atoms with Crippen molar-refractivity contribution in [2.75, 3.05) is 9.80 Å². The van der Waals surface area contributed by atoms with Crippen LogP contribution in [0.5, 0.6) is 0 Å². The number of nitrogens with zero attached hydrogens (tertiary/aromatic N) is 7. The summed E-state index contributed by atoms with van der Waals surface area (Å²) in [5, 5.41) is 0. The van der Waals surface area contributed by atoms with Crippen LogP contribution in [-0.2, 0) is 0 Å². The molecule has 0 atom stereocenters. The number of anilines is 6. The zero-order valence-corrected chi connectivity index (χ0v) is 21.5. The van der Waals surface area contributed by atoms with Gasteiger partial charge in [-0.3, -0.25) is 9.88 Å². The maximum atomic E-state index is 4.94. The molecule has 2 aliphatic heterocycles. The monoisotopic (exact) mass is 507 g/mol. The Kier molecular flexibility index (Phi) is 5.18. The van der Waals surface area contributed by atoms with Crippen molar-refractivity contribution in [2.45, 2.75) is 38.0 Å². The number of benzene rings is 3. The fourth-order valence-electron chi connectivity index (χ4n) is 6.72. The first-order chi connectivity index (χ1) is 19.4. The van der Waals surface area contributed by atoms with E-state index in [2.05, 4.69) is 91.5 Å². The van der Waals surface area contributed by atoms with E-state index in [0.717, 1.165) is 22.8 Å². The van der Waals surface area contributed by atoms with E-state index in [-0.39, 0.29) is 6.71 Å². The van der Waals surface area contributed by atoms with Gasteiger partial charge < -0.3 is 4.90 Å². The molecule has 188 valence electrons. The second-order valence-corrected chi connectivity index (χ2v) is 10.5. The highest BCUT2D eigenvalue weighted by Gasteiger charge is 2.45. The summed E-state index contributed by atoms with van der Waals surface area (Å²) in [4.78, 5) is 27.6. The molecule has 8 rings (SSSR count). The van der Waals surface area contributed by atoms with Gasteiger partial charge >= 0.3 is 0 Å². The summed E-state index contributed by atoms with van der Waals surface area (Å²) < 4.78 is 0. The van der Waals surface area contributed by atoms with Gasteiger partial charge in [0.1, 0.15) is 12.7 Å². The van der Waals surface area contributed by atoms with Gasteiger partial charge in [0.05, 0.1) is 5.59 Å². The third-order valence-electron chi connectivity index (χ3n) is 8.38.